The fourth-order valence-corrected chi connectivity index (χ4v) is 4.90. The number of thioether (sulfide) groups is 1. The van der Waals surface area contributed by atoms with E-state index < -0.39 is 5.25 Å². The summed E-state index contributed by atoms with van der Waals surface area (Å²) >= 11 is 13.8. The Kier molecular flexibility index (Phi) is 8.48. The molecule has 0 aliphatic rings. The quantitative estimate of drug-likeness (QED) is 0.234. The number of hydrogen-bond acceptors (Lipinski definition) is 3. The average molecular weight is 521 g/mol. The van der Waals surface area contributed by atoms with Crippen molar-refractivity contribution in [2.45, 2.75) is 16.6 Å². The van der Waals surface area contributed by atoms with Crippen LogP contribution in [0.3, 0.4) is 0 Å². The summed E-state index contributed by atoms with van der Waals surface area (Å²) in [5.74, 6) is -0.338. The molecule has 0 heterocycles. The highest BCUT2D eigenvalue weighted by Gasteiger charge is 2.23. The molecule has 2 N–H and O–H groups in total. The van der Waals surface area contributed by atoms with E-state index in [4.69, 9.17) is 23.2 Å². The summed E-state index contributed by atoms with van der Waals surface area (Å²) in [6, 6.07) is 31.6. The summed E-state index contributed by atoms with van der Waals surface area (Å²) in [5.41, 5.74) is 2.90. The highest BCUT2D eigenvalue weighted by molar-refractivity contribution is 8.00. The van der Waals surface area contributed by atoms with E-state index in [-0.39, 0.29) is 18.2 Å². The lowest BCUT2D eigenvalue weighted by Gasteiger charge is -2.18. The van der Waals surface area contributed by atoms with E-state index in [0.29, 0.717) is 21.4 Å². The molecule has 0 aliphatic heterocycles. The van der Waals surface area contributed by atoms with Gasteiger partial charge in [-0.2, -0.15) is 0 Å². The molecule has 1 unspecified atom stereocenters. The van der Waals surface area contributed by atoms with Crippen LogP contribution in [0.4, 0.5) is 11.4 Å². The zero-order valence-electron chi connectivity index (χ0n) is 18.6. The van der Waals surface area contributed by atoms with Crippen molar-refractivity contribution in [2.75, 3.05) is 10.6 Å². The number of carbonyl (C=O) groups is 2. The molecule has 0 fully saturated rings. The van der Waals surface area contributed by atoms with Gasteiger partial charge in [-0.15, -0.1) is 11.8 Å². The molecular weight excluding hydrogens is 499 g/mol. The predicted molar refractivity (Wildman–Crippen MR) is 145 cm³/mol. The minimum absolute atomic E-state index is 0.105. The first-order valence-electron chi connectivity index (χ1n) is 10.9. The molecule has 35 heavy (non-hydrogen) atoms. The van der Waals surface area contributed by atoms with Crippen molar-refractivity contribution in [3.63, 3.8) is 0 Å². The van der Waals surface area contributed by atoms with Crippen molar-refractivity contribution in [1.82, 2.24) is 0 Å². The van der Waals surface area contributed by atoms with E-state index in [1.165, 1.54) is 11.8 Å². The fourth-order valence-electron chi connectivity index (χ4n) is 3.47. The second kappa shape index (κ2) is 11.9. The predicted octanol–water partition coefficient (Wildman–Crippen LogP) is 7.65. The van der Waals surface area contributed by atoms with Crippen LogP contribution in [0.5, 0.6) is 0 Å². The van der Waals surface area contributed by atoms with Crippen LogP contribution < -0.4 is 10.6 Å². The first-order chi connectivity index (χ1) is 17.0. The van der Waals surface area contributed by atoms with Gasteiger partial charge < -0.3 is 10.6 Å². The Morgan fingerprint density at radius 1 is 0.771 bits per heavy atom. The Bertz CT molecular complexity index is 1320. The first kappa shape index (κ1) is 24.9. The monoisotopic (exact) mass is 520 g/mol. The van der Waals surface area contributed by atoms with Gasteiger partial charge in [0.2, 0.25) is 11.8 Å². The third kappa shape index (κ3) is 6.89. The molecule has 1 atom stereocenters. The van der Waals surface area contributed by atoms with E-state index in [0.717, 1.165) is 16.0 Å². The molecule has 0 aromatic heterocycles. The van der Waals surface area contributed by atoms with Gasteiger partial charge in [-0.3, -0.25) is 9.59 Å². The Labute approximate surface area is 218 Å². The molecule has 4 rings (SSSR count). The first-order valence-corrected chi connectivity index (χ1v) is 12.5. The highest BCUT2D eigenvalue weighted by atomic mass is 35.5. The van der Waals surface area contributed by atoms with Crippen LogP contribution in [0.2, 0.25) is 10.0 Å². The van der Waals surface area contributed by atoms with Crippen LogP contribution in [-0.4, -0.2) is 11.8 Å². The van der Waals surface area contributed by atoms with Crippen LogP contribution in [0.15, 0.2) is 108 Å². The largest absolute Gasteiger partial charge is 0.326 e. The SMILES string of the molecule is O=C(Cc1ccccc1)Nc1cccc(SC(C(=O)Nc2cccc(Cl)c2Cl)c2ccccc2)c1. The zero-order chi connectivity index (χ0) is 24.6. The van der Waals surface area contributed by atoms with Gasteiger partial charge in [0, 0.05) is 10.6 Å². The van der Waals surface area contributed by atoms with Gasteiger partial charge in [0.1, 0.15) is 5.25 Å². The molecule has 0 saturated heterocycles. The molecular formula is C28H22Cl2N2O2S. The molecule has 0 aliphatic carbocycles. The molecule has 4 aromatic rings. The molecule has 0 saturated carbocycles. The van der Waals surface area contributed by atoms with Crippen LogP contribution in [0, 0.1) is 0 Å². The third-order valence-electron chi connectivity index (χ3n) is 5.13. The normalized spacial score (nSPS) is 11.5. The van der Waals surface area contributed by atoms with E-state index >= 15 is 0 Å². The summed E-state index contributed by atoms with van der Waals surface area (Å²) in [6.45, 7) is 0. The molecule has 0 spiro atoms. The second-order valence-electron chi connectivity index (χ2n) is 7.74. The fraction of sp³-hybridized carbons (Fsp3) is 0.0714. The van der Waals surface area contributed by atoms with E-state index in [2.05, 4.69) is 10.6 Å². The third-order valence-corrected chi connectivity index (χ3v) is 7.20. The molecule has 176 valence electrons. The number of hydrogen-bond donors (Lipinski definition) is 2. The van der Waals surface area contributed by atoms with Gasteiger partial charge in [-0.1, -0.05) is 96.0 Å². The number of nitrogens with one attached hydrogen (secondary N) is 2. The van der Waals surface area contributed by atoms with Crippen molar-refractivity contribution in [1.29, 1.82) is 0 Å². The van der Waals surface area contributed by atoms with Gasteiger partial charge in [0.05, 0.1) is 22.2 Å². The maximum absolute atomic E-state index is 13.3. The number of amides is 2. The second-order valence-corrected chi connectivity index (χ2v) is 9.70. The zero-order valence-corrected chi connectivity index (χ0v) is 20.9. The lowest BCUT2D eigenvalue weighted by atomic mass is 10.1. The van der Waals surface area contributed by atoms with Gasteiger partial charge in [0.25, 0.3) is 0 Å². The minimum Gasteiger partial charge on any atom is -0.326 e. The Balaban J connectivity index is 1.52. The maximum Gasteiger partial charge on any atom is 0.242 e. The highest BCUT2D eigenvalue weighted by Crippen LogP contribution is 2.38. The van der Waals surface area contributed by atoms with Crippen molar-refractivity contribution < 1.29 is 9.59 Å². The molecule has 7 heteroatoms. The van der Waals surface area contributed by atoms with Crippen LogP contribution >= 0.6 is 35.0 Å². The van der Waals surface area contributed by atoms with Crippen molar-refractivity contribution >= 4 is 58.2 Å². The van der Waals surface area contributed by atoms with Gasteiger partial charge in [0.15, 0.2) is 0 Å². The smallest absolute Gasteiger partial charge is 0.242 e. The lowest BCUT2D eigenvalue weighted by Crippen LogP contribution is -2.19. The van der Waals surface area contributed by atoms with Crippen molar-refractivity contribution in [3.8, 4) is 0 Å². The molecule has 0 radical (unpaired) electrons. The van der Waals surface area contributed by atoms with Crippen molar-refractivity contribution in [2.24, 2.45) is 0 Å². The van der Waals surface area contributed by atoms with Gasteiger partial charge in [-0.25, -0.2) is 0 Å². The van der Waals surface area contributed by atoms with Crippen LogP contribution in [0.25, 0.3) is 0 Å². The van der Waals surface area contributed by atoms with Gasteiger partial charge in [-0.05, 0) is 41.5 Å². The minimum atomic E-state index is -0.554. The Hall–Kier alpha value is -3.25. The number of rotatable bonds is 8. The van der Waals surface area contributed by atoms with E-state index in [1.807, 2.05) is 84.9 Å². The maximum atomic E-state index is 13.3. The van der Waals surface area contributed by atoms with Crippen LogP contribution in [-0.2, 0) is 16.0 Å². The Morgan fingerprint density at radius 3 is 2.20 bits per heavy atom. The number of carbonyl (C=O) groups excluding carboxylic acids is 2. The molecule has 4 nitrogen and oxygen atoms in total. The number of benzene rings is 4. The summed E-state index contributed by atoms with van der Waals surface area (Å²) in [4.78, 5) is 26.7. The standard InChI is InChI=1S/C28H22Cl2N2O2S/c29-23-15-8-16-24(26(23)30)32-28(34)27(20-11-5-2-6-12-20)35-22-14-7-13-21(18-22)31-25(33)17-19-9-3-1-4-10-19/h1-16,18,27H,17H2,(H,31,33)(H,32,34). The molecule has 2 amide bonds. The summed E-state index contributed by atoms with van der Waals surface area (Å²) in [6.07, 6.45) is 0.285. The van der Waals surface area contributed by atoms with Crippen molar-refractivity contribution in [3.05, 3.63) is 124 Å². The molecule has 4 aromatic carbocycles. The summed E-state index contributed by atoms with van der Waals surface area (Å²) in [7, 11) is 0. The van der Waals surface area contributed by atoms with E-state index in [9.17, 15) is 9.59 Å². The summed E-state index contributed by atoms with van der Waals surface area (Å²) < 4.78 is 0. The number of halogens is 2. The van der Waals surface area contributed by atoms with Crippen LogP contribution in [0.1, 0.15) is 16.4 Å². The Morgan fingerprint density at radius 2 is 1.46 bits per heavy atom. The molecule has 0 bridgehead atoms. The average Bonchev–Trinajstić information content (AvgIpc) is 2.86. The summed E-state index contributed by atoms with van der Waals surface area (Å²) in [5, 5.41) is 5.95. The van der Waals surface area contributed by atoms with Gasteiger partial charge >= 0.3 is 0 Å². The number of anilines is 2. The van der Waals surface area contributed by atoms with E-state index in [1.54, 1.807) is 18.2 Å². The topological polar surface area (TPSA) is 58.2 Å². The lowest BCUT2D eigenvalue weighted by molar-refractivity contribution is -0.116.